The van der Waals surface area contributed by atoms with Gasteiger partial charge in [-0.25, -0.2) is 0 Å². The highest BCUT2D eigenvalue weighted by atomic mass is 16.6. The summed E-state index contributed by atoms with van der Waals surface area (Å²) in [4.78, 5) is 17.1. The second kappa shape index (κ2) is 32.1. The van der Waals surface area contributed by atoms with Gasteiger partial charge in [0.1, 0.15) is 44.6 Å². The van der Waals surface area contributed by atoms with Crippen molar-refractivity contribution in [3.05, 3.63) is 102 Å². The van der Waals surface area contributed by atoms with E-state index in [0.717, 1.165) is 41.9 Å². The van der Waals surface area contributed by atoms with Crippen LogP contribution in [0, 0.1) is 0 Å². The predicted molar refractivity (Wildman–Crippen MR) is 206 cm³/mol. The van der Waals surface area contributed by atoms with Crippen molar-refractivity contribution < 1.29 is 43.5 Å². The number of aryl methyl sites for hydroxylation is 2. The van der Waals surface area contributed by atoms with E-state index in [9.17, 15) is 0 Å². The first-order valence-corrected chi connectivity index (χ1v) is 17.7. The number of hydrogen-bond acceptors (Lipinski definition) is 9. The highest BCUT2D eigenvalue weighted by Crippen LogP contribution is 2.29. The highest BCUT2D eigenvalue weighted by molar-refractivity contribution is 5.77. The minimum Gasteiger partial charge on any atom is -0.491 e. The van der Waals surface area contributed by atoms with Crippen LogP contribution in [0.15, 0.2) is 79.4 Å². The summed E-state index contributed by atoms with van der Waals surface area (Å²) in [5.41, 5.74) is 7.04. The molecule has 284 valence electrons. The lowest BCUT2D eigenvalue weighted by Gasteiger charge is -2.19. The van der Waals surface area contributed by atoms with E-state index in [-0.39, 0.29) is 19.5 Å². The lowest BCUT2D eigenvalue weighted by molar-refractivity contribution is -0.104. The van der Waals surface area contributed by atoms with Gasteiger partial charge in [0.2, 0.25) is 0 Å². The van der Waals surface area contributed by atoms with Crippen LogP contribution in [-0.4, -0.2) is 76.3 Å². The van der Waals surface area contributed by atoms with Crippen molar-refractivity contribution in [2.45, 2.75) is 84.8 Å². The number of aliphatic hydroxyl groups excluding tert-OH is 2. The number of carbonyl (C=O) groups excluding carboxylic acids is 2. The molecular weight excluding hydrogens is 648 g/mol. The SMILES string of the molecule is C=C(C)CO.C=CC=O.C=O.CCCCCCCc1cc(COc2ccc(OCCOC)c(CC)c2)ccc1C1=CCC(OCCOCO)C=C1. The zero-order valence-electron chi connectivity index (χ0n) is 31.4. The molecule has 9 nitrogen and oxygen atoms in total. The lowest BCUT2D eigenvalue weighted by Crippen LogP contribution is -2.15. The smallest absolute Gasteiger partial charge is 0.143 e. The van der Waals surface area contributed by atoms with Crippen LogP contribution in [0.4, 0.5) is 0 Å². The molecule has 0 spiro atoms. The van der Waals surface area contributed by atoms with E-state index in [0.29, 0.717) is 39.3 Å². The molecule has 9 heteroatoms. The maximum Gasteiger partial charge on any atom is 0.143 e. The molecule has 1 aliphatic carbocycles. The summed E-state index contributed by atoms with van der Waals surface area (Å²) in [6.07, 6.45) is 17.5. The normalized spacial score (nSPS) is 12.8. The van der Waals surface area contributed by atoms with Gasteiger partial charge in [0, 0.05) is 7.11 Å². The van der Waals surface area contributed by atoms with Crippen molar-refractivity contribution in [1.82, 2.24) is 0 Å². The maximum absolute atomic E-state index is 9.06. The van der Waals surface area contributed by atoms with Crippen LogP contribution in [0.3, 0.4) is 0 Å². The summed E-state index contributed by atoms with van der Waals surface area (Å²) in [5, 5.41) is 16.8. The topological polar surface area (TPSA) is 121 Å². The van der Waals surface area contributed by atoms with E-state index in [1.165, 1.54) is 60.4 Å². The van der Waals surface area contributed by atoms with Crippen LogP contribution < -0.4 is 9.47 Å². The molecule has 1 atom stereocenters. The Morgan fingerprint density at radius 2 is 1.67 bits per heavy atom. The van der Waals surface area contributed by atoms with Crippen molar-refractivity contribution in [3.8, 4) is 11.5 Å². The molecular formula is C42H62O9. The van der Waals surface area contributed by atoms with E-state index in [1.807, 2.05) is 18.9 Å². The standard InChI is InChI=1S/C34H48O6.C4H8O.C3H4O.CH2O/c1-4-6-7-8-9-10-30-23-27(25-40-32-16-18-34(28(5-2)24-32)39-21-19-36-3)11-17-33(30)29-12-14-31(15-13-29)38-22-20-37-26-35;1-4(2)3-5;1-2-3-4;1-2/h11-14,16-18,23-24,31,35H,4-10,15,19-22,25-26H2,1-3H3;5H,1,3H2,2H3;2-3H,1H2;1H2. The fourth-order valence-electron chi connectivity index (χ4n) is 4.86. The van der Waals surface area contributed by atoms with Crippen LogP contribution in [0.2, 0.25) is 0 Å². The number of unbranched alkanes of at least 4 members (excludes halogenated alkanes) is 4. The predicted octanol–water partition coefficient (Wildman–Crippen LogP) is 7.80. The Labute approximate surface area is 306 Å². The molecule has 0 saturated heterocycles. The van der Waals surface area contributed by atoms with E-state index < -0.39 is 0 Å². The van der Waals surface area contributed by atoms with Gasteiger partial charge in [0.25, 0.3) is 0 Å². The summed E-state index contributed by atoms with van der Waals surface area (Å²) < 4.78 is 28.0. The average molecular weight is 711 g/mol. The Kier molecular flexibility index (Phi) is 29.6. The summed E-state index contributed by atoms with van der Waals surface area (Å²) in [6.45, 7) is 17.0. The summed E-state index contributed by atoms with van der Waals surface area (Å²) in [5.74, 6) is 1.75. The van der Waals surface area contributed by atoms with E-state index in [4.69, 9.17) is 43.5 Å². The van der Waals surface area contributed by atoms with Gasteiger partial charge in [-0.15, -0.1) is 0 Å². The molecule has 0 bridgehead atoms. The van der Waals surface area contributed by atoms with Crippen molar-refractivity contribution in [2.24, 2.45) is 0 Å². The molecule has 3 rings (SSSR count). The van der Waals surface area contributed by atoms with Crippen LogP contribution >= 0.6 is 0 Å². The molecule has 2 aromatic rings. The molecule has 0 amide bonds. The zero-order valence-corrected chi connectivity index (χ0v) is 31.4. The molecule has 2 aromatic carbocycles. The minimum absolute atomic E-state index is 0.0426. The number of aldehydes is 1. The van der Waals surface area contributed by atoms with Crippen LogP contribution in [-0.2, 0) is 43.2 Å². The van der Waals surface area contributed by atoms with Gasteiger partial charge < -0.3 is 38.7 Å². The number of carbonyl (C=O) groups is 2. The zero-order chi connectivity index (χ0) is 38.1. The monoisotopic (exact) mass is 710 g/mol. The van der Waals surface area contributed by atoms with E-state index >= 15 is 0 Å². The lowest BCUT2D eigenvalue weighted by atomic mass is 9.90. The number of hydrogen-bond donors (Lipinski definition) is 2. The van der Waals surface area contributed by atoms with Gasteiger partial charge in [-0.1, -0.05) is 94.7 Å². The fourth-order valence-corrected chi connectivity index (χ4v) is 4.86. The molecule has 0 fully saturated rings. The Balaban J connectivity index is 0.00000199. The second-order valence-electron chi connectivity index (χ2n) is 11.6. The summed E-state index contributed by atoms with van der Waals surface area (Å²) in [6, 6.07) is 12.8. The molecule has 0 aliphatic heterocycles. The third-order valence-electron chi connectivity index (χ3n) is 7.47. The molecule has 1 aliphatic rings. The van der Waals surface area contributed by atoms with Crippen molar-refractivity contribution in [1.29, 1.82) is 0 Å². The van der Waals surface area contributed by atoms with Crippen LogP contribution in [0.1, 0.15) is 81.5 Å². The largest absolute Gasteiger partial charge is 0.491 e. The fraction of sp³-hybridized carbons (Fsp3) is 0.476. The molecule has 51 heavy (non-hydrogen) atoms. The van der Waals surface area contributed by atoms with Gasteiger partial charge in [-0.3, -0.25) is 4.79 Å². The second-order valence-corrected chi connectivity index (χ2v) is 11.6. The van der Waals surface area contributed by atoms with Gasteiger partial charge in [0.15, 0.2) is 0 Å². The number of rotatable bonds is 22. The molecule has 2 N–H and O–H groups in total. The number of aliphatic hydroxyl groups is 2. The summed E-state index contributed by atoms with van der Waals surface area (Å²) >= 11 is 0. The number of allylic oxidation sites excluding steroid dienone is 3. The first-order chi connectivity index (χ1) is 24.9. The van der Waals surface area contributed by atoms with Gasteiger partial charge in [-0.2, -0.15) is 0 Å². The molecule has 0 radical (unpaired) electrons. The van der Waals surface area contributed by atoms with Gasteiger partial charge in [0.05, 0.1) is 32.5 Å². The Morgan fingerprint density at radius 3 is 2.25 bits per heavy atom. The highest BCUT2D eigenvalue weighted by Gasteiger charge is 2.14. The van der Waals surface area contributed by atoms with Crippen LogP contribution in [0.25, 0.3) is 5.57 Å². The van der Waals surface area contributed by atoms with Crippen molar-refractivity contribution >= 4 is 18.6 Å². The molecule has 0 aromatic heterocycles. The number of ether oxygens (including phenoxy) is 5. The van der Waals surface area contributed by atoms with E-state index in [1.54, 1.807) is 14.0 Å². The molecule has 1 unspecified atom stereocenters. The molecule has 0 saturated carbocycles. The Morgan fingerprint density at radius 1 is 0.941 bits per heavy atom. The van der Waals surface area contributed by atoms with E-state index in [2.05, 4.69) is 69.5 Å². The average Bonchev–Trinajstić information content (AvgIpc) is 3.17. The first-order valence-electron chi connectivity index (χ1n) is 17.7. The minimum atomic E-state index is -0.271. The third kappa shape index (κ3) is 21.9. The Bertz CT molecular complexity index is 1280. The first kappa shape index (κ1) is 47.1. The quantitative estimate of drug-likeness (QED) is 0.0415. The van der Waals surface area contributed by atoms with Gasteiger partial charge >= 0.3 is 0 Å². The number of benzene rings is 2. The number of methoxy groups -OCH3 is 1. The molecule has 0 heterocycles. The summed E-state index contributed by atoms with van der Waals surface area (Å²) in [7, 11) is 1.68. The maximum atomic E-state index is 9.06. The Hall–Kier alpha value is -3.86. The van der Waals surface area contributed by atoms with Gasteiger partial charge in [-0.05, 0) is 84.7 Å². The van der Waals surface area contributed by atoms with Crippen molar-refractivity contribution in [2.75, 3.05) is 46.9 Å². The third-order valence-corrected chi connectivity index (χ3v) is 7.47. The van der Waals surface area contributed by atoms with Crippen LogP contribution in [0.5, 0.6) is 11.5 Å². The van der Waals surface area contributed by atoms with Crippen molar-refractivity contribution in [3.63, 3.8) is 0 Å².